The summed E-state index contributed by atoms with van der Waals surface area (Å²) in [6.45, 7) is 7.25. The van der Waals surface area contributed by atoms with E-state index in [9.17, 15) is 14.7 Å². The maximum absolute atomic E-state index is 13.0. The van der Waals surface area contributed by atoms with Crippen LogP contribution >= 0.6 is 0 Å². The van der Waals surface area contributed by atoms with E-state index < -0.39 is 5.60 Å². The first-order valence-electron chi connectivity index (χ1n) is 10.4. The summed E-state index contributed by atoms with van der Waals surface area (Å²) in [7, 11) is 0. The molecule has 2 heterocycles. The Hall–Kier alpha value is -1.92. The van der Waals surface area contributed by atoms with Gasteiger partial charge in [-0.3, -0.25) is 14.5 Å². The van der Waals surface area contributed by atoms with Crippen LogP contribution in [0.3, 0.4) is 0 Å². The fourth-order valence-corrected chi connectivity index (χ4v) is 4.34. The summed E-state index contributed by atoms with van der Waals surface area (Å²) in [4.78, 5) is 28.3. The van der Waals surface area contributed by atoms with Crippen molar-refractivity contribution in [2.24, 2.45) is 11.7 Å². The highest BCUT2D eigenvalue weighted by molar-refractivity contribution is 5.86. The summed E-state index contributed by atoms with van der Waals surface area (Å²) in [5.74, 6) is -0.0294. The summed E-state index contributed by atoms with van der Waals surface area (Å²) >= 11 is 0. The molecule has 0 saturated carbocycles. The molecule has 6 nitrogen and oxygen atoms in total. The van der Waals surface area contributed by atoms with Crippen LogP contribution in [0, 0.1) is 5.92 Å². The number of rotatable bonds is 6. The molecular formula is C22H33N3O3. The molecule has 2 amide bonds. The second kappa shape index (κ2) is 8.62. The third-order valence-electron chi connectivity index (χ3n) is 6.20. The van der Waals surface area contributed by atoms with E-state index in [1.165, 1.54) is 5.56 Å². The Labute approximate surface area is 167 Å². The van der Waals surface area contributed by atoms with Crippen LogP contribution in [-0.2, 0) is 16.1 Å². The minimum atomic E-state index is -1.34. The number of carbonyl (C=O) groups excluding carboxylic acids is 2. The van der Waals surface area contributed by atoms with Gasteiger partial charge in [-0.05, 0) is 55.8 Å². The minimum Gasteiger partial charge on any atom is -0.379 e. The highest BCUT2D eigenvalue weighted by Crippen LogP contribution is 2.27. The summed E-state index contributed by atoms with van der Waals surface area (Å²) in [5.41, 5.74) is 6.43. The number of carbonyl (C=O) groups is 2. The van der Waals surface area contributed by atoms with Gasteiger partial charge in [0.05, 0.1) is 0 Å². The SMILES string of the molecule is CC(C)c1ccc(CN2CCC[C@](O)(CN3CCC(C(N)=O)CC3)C2=O)cc1. The second-order valence-electron chi connectivity index (χ2n) is 8.71. The summed E-state index contributed by atoms with van der Waals surface area (Å²) in [6.07, 6.45) is 2.69. The molecule has 0 radical (unpaired) electrons. The zero-order chi connectivity index (χ0) is 20.3. The Morgan fingerprint density at radius 1 is 1.21 bits per heavy atom. The molecular weight excluding hydrogens is 354 g/mol. The number of nitrogens with two attached hydrogens (primary N) is 1. The van der Waals surface area contributed by atoms with Crippen LogP contribution in [0.1, 0.15) is 56.6 Å². The molecule has 0 spiro atoms. The largest absolute Gasteiger partial charge is 0.379 e. The number of nitrogens with zero attached hydrogens (tertiary/aromatic N) is 2. The van der Waals surface area contributed by atoms with Gasteiger partial charge in [-0.25, -0.2) is 0 Å². The number of amides is 2. The van der Waals surface area contributed by atoms with Crippen LogP contribution < -0.4 is 5.73 Å². The van der Waals surface area contributed by atoms with E-state index in [1.807, 2.05) is 0 Å². The van der Waals surface area contributed by atoms with Crippen molar-refractivity contribution in [1.29, 1.82) is 0 Å². The van der Waals surface area contributed by atoms with E-state index in [2.05, 4.69) is 43.0 Å². The number of likely N-dealkylation sites (tertiary alicyclic amines) is 2. The van der Waals surface area contributed by atoms with Crippen molar-refractivity contribution in [2.75, 3.05) is 26.2 Å². The molecule has 1 aromatic rings. The predicted octanol–water partition coefficient (Wildman–Crippen LogP) is 1.86. The van der Waals surface area contributed by atoms with Crippen LogP contribution in [0.5, 0.6) is 0 Å². The molecule has 2 saturated heterocycles. The Morgan fingerprint density at radius 2 is 1.86 bits per heavy atom. The fraction of sp³-hybridized carbons (Fsp3) is 0.636. The normalized spacial score (nSPS) is 24.7. The van der Waals surface area contributed by atoms with Crippen molar-refractivity contribution in [2.45, 2.75) is 57.6 Å². The van der Waals surface area contributed by atoms with E-state index in [-0.39, 0.29) is 17.7 Å². The van der Waals surface area contributed by atoms with Gasteiger partial charge < -0.3 is 15.7 Å². The minimum absolute atomic E-state index is 0.0849. The number of β-amino-alcohol motifs (C(OH)–C–C–N with tert-alkyl or cyclic N) is 1. The Bertz CT molecular complexity index is 695. The smallest absolute Gasteiger partial charge is 0.256 e. The summed E-state index contributed by atoms with van der Waals surface area (Å²) in [6, 6.07) is 8.38. The average molecular weight is 388 g/mol. The quantitative estimate of drug-likeness (QED) is 0.780. The van der Waals surface area contributed by atoms with Crippen molar-refractivity contribution in [1.82, 2.24) is 9.80 Å². The maximum atomic E-state index is 13.0. The molecule has 0 aliphatic carbocycles. The first kappa shape index (κ1) is 20.8. The van der Waals surface area contributed by atoms with Crippen molar-refractivity contribution < 1.29 is 14.7 Å². The Kier molecular flexibility index (Phi) is 6.40. The van der Waals surface area contributed by atoms with Gasteiger partial charge in [0.1, 0.15) is 0 Å². The topological polar surface area (TPSA) is 86.9 Å². The van der Waals surface area contributed by atoms with Gasteiger partial charge in [-0.15, -0.1) is 0 Å². The molecule has 1 aromatic carbocycles. The van der Waals surface area contributed by atoms with Crippen molar-refractivity contribution in [3.8, 4) is 0 Å². The van der Waals surface area contributed by atoms with Gasteiger partial charge in [0.2, 0.25) is 5.91 Å². The van der Waals surface area contributed by atoms with E-state index in [1.54, 1.807) is 4.90 Å². The maximum Gasteiger partial charge on any atom is 0.256 e. The highest BCUT2D eigenvalue weighted by Gasteiger charge is 2.43. The molecule has 2 fully saturated rings. The lowest BCUT2D eigenvalue weighted by molar-refractivity contribution is -0.160. The standard InChI is InChI=1S/C22H33N3O3/c1-16(2)18-6-4-17(5-7-18)14-25-11-3-10-22(28,21(25)27)15-24-12-8-19(9-13-24)20(23)26/h4-7,16,19,28H,3,8-15H2,1-2H3,(H2,23,26)/t22-/m0/s1. The van der Waals surface area contributed by atoms with Crippen LogP contribution in [0.2, 0.25) is 0 Å². The van der Waals surface area contributed by atoms with Gasteiger partial charge in [0.15, 0.2) is 5.60 Å². The van der Waals surface area contributed by atoms with Gasteiger partial charge in [-0.1, -0.05) is 38.1 Å². The summed E-state index contributed by atoms with van der Waals surface area (Å²) in [5, 5.41) is 11.1. The van der Waals surface area contributed by atoms with Gasteiger partial charge >= 0.3 is 0 Å². The number of piperidine rings is 2. The average Bonchev–Trinajstić information content (AvgIpc) is 2.66. The first-order valence-corrected chi connectivity index (χ1v) is 10.4. The molecule has 1 atom stereocenters. The lowest BCUT2D eigenvalue weighted by atomic mass is 9.89. The first-order chi connectivity index (χ1) is 13.3. The zero-order valence-corrected chi connectivity index (χ0v) is 17.1. The summed E-state index contributed by atoms with van der Waals surface area (Å²) < 4.78 is 0. The third-order valence-corrected chi connectivity index (χ3v) is 6.20. The van der Waals surface area contributed by atoms with Crippen LogP contribution in [0.4, 0.5) is 0 Å². The number of hydrogen-bond acceptors (Lipinski definition) is 4. The molecule has 154 valence electrons. The molecule has 6 heteroatoms. The molecule has 28 heavy (non-hydrogen) atoms. The van der Waals surface area contributed by atoms with Crippen molar-refractivity contribution >= 4 is 11.8 Å². The monoisotopic (exact) mass is 387 g/mol. The van der Waals surface area contributed by atoms with E-state index in [0.717, 1.165) is 12.0 Å². The molecule has 0 aromatic heterocycles. The van der Waals surface area contributed by atoms with Gasteiger partial charge in [0, 0.05) is 25.6 Å². The fourth-order valence-electron chi connectivity index (χ4n) is 4.34. The van der Waals surface area contributed by atoms with Crippen LogP contribution in [0.25, 0.3) is 0 Å². The zero-order valence-electron chi connectivity index (χ0n) is 17.1. The number of hydrogen-bond donors (Lipinski definition) is 2. The lowest BCUT2D eigenvalue weighted by Gasteiger charge is -2.42. The number of primary amides is 1. The third kappa shape index (κ3) is 4.73. The molecule has 0 unspecified atom stereocenters. The van der Waals surface area contributed by atoms with Gasteiger partial charge in [-0.2, -0.15) is 0 Å². The highest BCUT2D eigenvalue weighted by atomic mass is 16.3. The molecule has 0 bridgehead atoms. The number of aliphatic hydroxyl groups is 1. The van der Waals surface area contributed by atoms with Crippen molar-refractivity contribution in [3.63, 3.8) is 0 Å². The molecule has 2 aliphatic rings. The van der Waals surface area contributed by atoms with Crippen LogP contribution in [0.15, 0.2) is 24.3 Å². The number of benzene rings is 1. The molecule has 2 aliphatic heterocycles. The van der Waals surface area contributed by atoms with Crippen LogP contribution in [-0.4, -0.2) is 58.5 Å². The predicted molar refractivity (Wildman–Crippen MR) is 108 cm³/mol. The van der Waals surface area contributed by atoms with Gasteiger partial charge in [0.25, 0.3) is 5.91 Å². The second-order valence-corrected chi connectivity index (χ2v) is 8.71. The van der Waals surface area contributed by atoms with Crippen molar-refractivity contribution in [3.05, 3.63) is 35.4 Å². The van der Waals surface area contributed by atoms with E-state index in [0.29, 0.717) is 57.9 Å². The van der Waals surface area contributed by atoms with E-state index in [4.69, 9.17) is 5.73 Å². The van der Waals surface area contributed by atoms with E-state index >= 15 is 0 Å². The Morgan fingerprint density at radius 3 is 2.43 bits per heavy atom. The molecule has 3 N–H and O–H groups in total. The Balaban J connectivity index is 1.60. The molecule has 3 rings (SSSR count). The lowest BCUT2D eigenvalue weighted by Crippen LogP contribution is -2.59.